The molecule has 2 aromatic heterocycles. The van der Waals surface area contributed by atoms with Gasteiger partial charge in [-0.3, -0.25) is 10.1 Å². The van der Waals surface area contributed by atoms with Crippen molar-refractivity contribution < 1.29 is 4.79 Å². The maximum Gasteiger partial charge on any atom is 0.258 e. The first-order valence-electron chi connectivity index (χ1n) is 9.14. The van der Waals surface area contributed by atoms with Crippen LogP contribution in [-0.2, 0) is 5.41 Å². The van der Waals surface area contributed by atoms with Crippen molar-refractivity contribution in [1.29, 1.82) is 0 Å². The second kappa shape index (κ2) is 7.17. The van der Waals surface area contributed by atoms with Crippen LogP contribution < -0.4 is 5.32 Å². The van der Waals surface area contributed by atoms with E-state index >= 15 is 0 Å². The van der Waals surface area contributed by atoms with Gasteiger partial charge in [0.15, 0.2) is 5.13 Å². The third-order valence-electron chi connectivity index (χ3n) is 4.52. The summed E-state index contributed by atoms with van der Waals surface area (Å²) in [5.41, 5.74) is 4.06. The standard InChI is InChI=1S/C23H21N3OS/c1-23(2,3)20-14-28-22(25-20)26-21(27)17-13-19(15-9-5-4-6-10-15)24-18-12-8-7-11-16(17)18/h4-14H,1-3H3,(H,25,26,27). The van der Waals surface area contributed by atoms with Gasteiger partial charge in [-0.15, -0.1) is 11.3 Å². The lowest BCUT2D eigenvalue weighted by Crippen LogP contribution is -2.15. The third kappa shape index (κ3) is 3.66. The number of pyridine rings is 1. The lowest BCUT2D eigenvalue weighted by molar-refractivity contribution is 0.102. The molecule has 5 heteroatoms. The van der Waals surface area contributed by atoms with Crippen LogP contribution in [0.2, 0.25) is 0 Å². The Bertz CT molecular complexity index is 1140. The van der Waals surface area contributed by atoms with Crippen LogP contribution in [0.5, 0.6) is 0 Å². The van der Waals surface area contributed by atoms with E-state index in [9.17, 15) is 4.79 Å². The molecule has 0 bridgehead atoms. The second-order valence-corrected chi connectivity index (χ2v) is 8.54. The molecule has 1 amide bonds. The summed E-state index contributed by atoms with van der Waals surface area (Å²) in [6, 6.07) is 19.5. The minimum atomic E-state index is -0.175. The summed E-state index contributed by atoms with van der Waals surface area (Å²) in [5, 5.41) is 6.39. The smallest absolute Gasteiger partial charge is 0.258 e. The summed E-state index contributed by atoms with van der Waals surface area (Å²) in [6.07, 6.45) is 0. The Morgan fingerprint density at radius 3 is 2.39 bits per heavy atom. The third-order valence-corrected chi connectivity index (χ3v) is 5.28. The molecule has 0 atom stereocenters. The first-order valence-corrected chi connectivity index (χ1v) is 10.0. The van der Waals surface area contributed by atoms with Crippen LogP contribution in [0, 0.1) is 0 Å². The molecule has 0 spiro atoms. The number of nitrogens with one attached hydrogen (secondary N) is 1. The van der Waals surface area contributed by atoms with Crippen LogP contribution in [0.25, 0.3) is 22.2 Å². The highest BCUT2D eigenvalue weighted by molar-refractivity contribution is 7.14. The molecule has 0 saturated heterocycles. The first-order chi connectivity index (χ1) is 13.4. The van der Waals surface area contributed by atoms with Gasteiger partial charge in [0, 0.05) is 21.7 Å². The number of para-hydroxylation sites is 1. The molecule has 28 heavy (non-hydrogen) atoms. The fourth-order valence-corrected chi connectivity index (χ4v) is 3.89. The van der Waals surface area contributed by atoms with Crippen molar-refractivity contribution in [1.82, 2.24) is 9.97 Å². The van der Waals surface area contributed by atoms with Crippen LogP contribution in [0.4, 0.5) is 5.13 Å². The summed E-state index contributed by atoms with van der Waals surface area (Å²) in [4.78, 5) is 22.4. The number of fused-ring (bicyclic) bond motifs is 1. The van der Waals surface area contributed by atoms with Gasteiger partial charge in [0.05, 0.1) is 22.5 Å². The summed E-state index contributed by atoms with van der Waals surface area (Å²) in [6.45, 7) is 6.32. The maximum atomic E-state index is 13.1. The molecule has 2 heterocycles. The van der Waals surface area contributed by atoms with E-state index < -0.39 is 0 Å². The molecule has 140 valence electrons. The zero-order chi connectivity index (χ0) is 19.7. The molecule has 0 radical (unpaired) electrons. The molecule has 1 N–H and O–H groups in total. The largest absolute Gasteiger partial charge is 0.298 e. The van der Waals surface area contributed by atoms with Gasteiger partial charge in [-0.2, -0.15) is 0 Å². The molecule has 0 fully saturated rings. The van der Waals surface area contributed by atoms with Crippen molar-refractivity contribution in [3.63, 3.8) is 0 Å². The Hall–Kier alpha value is -3.05. The van der Waals surface area contributed by atoms with E-state index in [0.29, 0.717) is 10.7 Å². The first kappa shape index (κ1) is 18.3. The van der Waals surface area contributed by atoms with Crippen molar-refractivity contribution in [3.05, 3.63) is 77.3 Å². The highest BCUT2D eigenvalue weighted by Gasteiger charge is 2.19. The Morgan fingerprint density at radius 2 is 1.68 bits per heavy atom. The fourth-order valence-electron chi connectivity index (χ4n) is 2.96. The van der Waals surface area contributed by atoms with Gasteiger partial charge in [0.1, 0.15) is 0 Å². The van der Waals surface area contributed by atoms with Gasteiger partial charge >= 0.3 is 0 Å². The number of hydrogen-bond acceptors (Lipinski definition) is 4. The van der Waals surface area contributed by atoms with Crippen LogP contribution >= 0.6 is 11.3 Å². The lowest BCUT2D eigenvalue weighted by Gasteiger charge is -2.14. The van der Waals surface area contributed by atoms with Gasteiger partial charge in [0.25, 0.3) is 5.91 Å². The zero-order valence-corrected chi connectivity index (χ0v) is 16.9. The number of benzene rings is 2. The van der Waals surface area contributed by atoms with Crippen molar-refractivity contribution >= 4 is 33.3 Å². The number of nitrogens with zero attached hydrogens (tertiary/aromatic N) is 2. The molecule has 2 aromatic carbocycles. The van der Waals surface area contributed by atoms with Gasteiger partial charge in [-0.25, -0.2) is 9.97 Å². The number of thiazole rings is 1. The molecule has 0 unspecified atom stereocenters. The average Bonchev–Trinajstić information content (AvgIpc) is 3.17. The van der Waals surface area contributed by atoms with E-state index in [1.165, 1.54) is 11.3 Å². The number of anilines is 1. The molecule has 4 nitrogen and oxygen atoms in total. The van der Waals surface area contributed by atoms with E-state index in [-0.39, 0.29) is 11.3 Å². The van der Waals surface area contributed by atoms with E-state index in [1.807, 2.05) is 66.0 Å². The Balaban J connectivity index is 1.74. The number of rotatable bonds is 3. The fraction of sp³-hybridized carbons (Fsp3) is 0.174. The molecule has 0 aliphatic rings. The molecular formula is C23H21N3OS. The zero-order valence-electron chi connectivity index (χ0n) is 16.1. The molecule has 0 saturated carbocycles. The number of amides is 1. The number of carbonyl (C=O) groups is 1. The van der Waals surface area contributed by atoms with Crippen LogP contribution in [0.3, 0.4) is 0 Å². The summed E-state index contributed by atoms with van der Waals surface area (Å²) in [5.74, 6) is -0.175. The topological polar surface area (TPSA) is 54.9 Å². The minimum absolute atomic E-state index is 0.0523. The van der Waals surface area contributed by atoms with Gasteiger partial charge in [-0.05, 0) is 12.1 Å². The lowest BCUT2D eigenvalue weighted by atomic mass is 9.93. The van der Waals surface area contributed by atoms with Crippen molar-refractivity contribution in [2.45, 2.75) is 26.2 Å². The van der Waals surface area contributed by atoms with E-state index in [1.54, 1.807) is 0 Å². The monoisotopic (exact) mass is 387 g/mol. The van der Waals surface area contributed by atoms with E-state index in [0.717, 1.165) is 27.9 Å². The van der Waals surface area contributed by atoms with Gasteiger partial charge in [-0.1, -0.05) is 69.3 Å². The van der Waals surface area contributed by atoms with Crippen molar-refractivity contribution in [3.8, 4) is 11.3 Å². The molecule has 4 aromatic rings. The van der Waals surface area contributed by atoms with E-state index in [2.05, 4.69) is 31.1 Å². The van der Waals surface area contributed by atoms with Gasteiger partial charge in [0.2, 0.25) is 0 Å². The second-order valence-electron chi connectivity index (χ2n) is 7.68. The molecule has 0 aliphatic heterocycles. The summed E-state index contributed by atoms with van der Waals surface area (Å²) >= 11 is 1.45. The molecular weight excluding hydrogens is 366 g/mol. The highest BCUT2D eigenvalue weighted by atomic mass is 32.1. The van der Waals surface area contributed by atoms with Gasteiger partial charge < -0.3 is 0 Å². The van der Waals surface area contributed by atoms with Crippen molar-refractivity contribution in [2.75, 3.05) is 5.32 Å². The van der Waals surface area contributed by atoms with E-state index in [4.69, 9.17) is 4.98 Å². The Morgan fingerprint density at radius 1 is 0.964 bits per heavy atom. The summed E-state index contributed by atoms with van der Waals surface area (Å²) < 4.78 is 0. The SMILES string of the molecule is CC(C)(C)c1csc(NC(=O)c2cc(-c3ccccc3)nc3ccccc23)n1. The van der Waals surface area contributed by atoms with Crippen molar-refractivity contribution in [2.24, 2.45) is 0 Å². The Kier molecular flexibility index (Phi) is 4.69. The predicted octanol–water partition coefficient (Wildman–Crippen LogP) is 5.91. The molecule has 4 rings (SSSR count). The quantitative estimate of drug-likeness (QED) is 0.475. The highest BCUT2D eigenvalue weighted by Crippen LogP contribution is 2.28. The summed E-state index contributed by atoms with van der Waals surface area (Å²) in [7, 11) is 0. The number of hydrogen-bond donors (Lipinski definition) is 1. The van der Waals surface area contributed by atoms with Crippen LogP contribution in [-0.4, -0.2) is 15.9 Å². The predicted molar refractivity (Wildman–Crippen MR) is 116 cm³/mol. The van der Waals surface area contributed by atoms with Crippen LogP contribution in [0.1, 0.15) is 36.8 Å². The Labute approximate surface area is 168 Å². The molecule has 0 aliphatic carbocycles. The average molecular weight is 388 g/mol. The normalized spacial score (nSPS) is 11.5. The maximum absolute atomic E-state index is 13.1. The van der Waals surface area contributed by atoms with Crippen LogP contribution in [0.15, 0.2) is 66.0 Å². The number of aromatic nitrogens is 2. The minimum Gasteiger partial charge on any atom is -0.298 e. The number of carbonyl (C=O) groups excluding carboxylic acids is 1.